The van der Waals surface area contributed by atoms with E-state index in [4.69, 9.17) is 11.6 Å². The molecule has 20 heavy (non-hydrogen) atoms. The Morgan fingerprint density at radius 1 is 1.45 bits per heavy atom. The summed E-state index contributed by atoms with van der Waals surface area (Å²) in [5.74, 6) is 0.518. The Labute approximate surface area is 131 Å². The molecule has 0 saturated heterocycles. The van der Waals surface area contributed by atoms with E-state index in [1.807, 2.05) is 18.2 Å². The molecule has 1 aromatic carbocycles. The van der Waals surface area contributed by atoms with Crippen molar-refractivity contribution in [1.29, 1.82) is 0 Å². The Bertz CT molecular complexity index is 613. The zero-order valence-electron chi connectivity index (χ0n) is 10.4. The van der Waals surface area contributed by atoms with Crippen LogP contribution in [0, 0.1) is 0 Å². The molecule has 1 atom stereocenters. The highest BCUT2D eigenvalue weighted by molar-refractivity contribution is 9.10. The van der Waals surface area contributed by atoms with Gasteiger partial charge in [-0.1, -0.05) is 15.9 Å². The van der Waals surface area contributed by atoms with E-state index in [2.05, 4.69) is 20.9 Å². The van der Waals surface area contributed by atoms with Gasteiger partial charge in [0.25, 0.3) is 0 Å². The van der Waals surface area contributed by atoms with Crippen molar-refractivity contribution in [3.63, 3.8) is 0 Å². The normalized spacial score (nSPS) is 13.9. The Morgan fingerprint density at radius 2 is 2.15 bits per heavy atom. The molecule has 2 aromatic rings. The summed E-state index contributed by atoms with van der Waals surface area (Å²) in [5.41, 5.74) is -2.70. The maximum Gasteiger partial charge on any atom is 0.441 e. The van der Waals surface area contributed by atoms with Crippen molar-refractivity contribution < 1.29 is 13.2 Å². The van der Waals surface area contributed by atoms with E-state index < -0.39 is 5.51 Å². The van der Waals surface area contributed by atoms with Crippen LogP contribution in [0.3, 0.4) is 0 Å². The van der Waals surface area contributed by atoms with Gasteiger partial charge in [0.2, 0.25) is 0 Å². The van der Waals surface area contributed by atoms with Crippen molar-refractivity contribution in [2.45, 2.75) is 24.4 Å². The number of nitrogens with zero attached hydrogens (tertiary/aromatic N) is 2. The molecule has 110 valence electrons. The number of aryl methyl sites for hydroxylation is 1. The summed E-state index contributed by atoms with van der Waals surface area (Å²) in [4.78, 5) is 4.40. The minimum absolute atomic E-state index is 0.0370. The number of hydrogen-bond acceptors (Lipinski definition) is 2. The zero-order chi connectivity index (χ0) is 14.9. The molecule has 0 fully saturated rings. The molecule has 0 saturated carbocycles. The van der Waals surface area contributed by atoms with E-state index in [0.717, 1.165) is 15.5 Å². The van der Waals surface area contributed by atoms with Gasteiger partial charge >= 0.3 is 5.51 Å². The number of imidazole rings is 1. The fourth-order valence-electron chi connectivity index (χ4n) is 1.91. The molecular weight excluding hydrogens is 377 g/mol. The van der Waals surface area contributed by atoms with Crippen molar-refractivity contribution >= 4 is 50.3 Å². The fraction of sp³-hybridized carbons (Fsp3) is 0.417. The number of fused-ring (bicyclic) bond motifs is 1. The summed E-state index contributed by atoms with van der Waals surface area (Å²) in [6.45, 7) is 1.97. The summed E-state index contributed by atoms with van der Waals surface area (Å²) in [7, 11) is 0. The molecule has 0 N–H and O–H groups in total. The third-order valence-electron chi connectivity index (χ3n) is 2.68. The first-order valence-corrected chi connectivity index (χ1v) is 8.00. The van der Waals surface area contributed by atoms with Crippen LogP contribution in [-0.4, -0.2) is 20.8 Å². The number of benzene rings is 1. The van der Waals surface area contributed by atoms with Crippen molar-refractivity contribution in [2.24, 2.45) is 0 Å². The summed E-state index contributed by atoms with van der Waals surface area (Å²) < 4.78 is 39.3. The second-order valence-electron chi connectivity index (χ2n) is 4.16. The van der Waals surface area contributed by atoms with Crippen LogP contribution in [0.25, 0.3) is 11.0 Å². The van der Waals surface area contributed by atoms with Crippen molar-refractivity contribution in [3.8, 4) is 0 Å². The number of aromatic nitrogens is 2. The predicted octanol–water partition coefficient (Wildman–Crippen LogP) is 5.35. The predicted molar refractivity (Wildman–Crippen MR) is 80.2 cm³/mol. The first-order chi connectivity index (χ1) is 9.28. The molecule has 2 nitrogen and oxygen atoms in total. The van der Waals surface area contributed by atoms with E-state index in [-0.39, 0.29) is 29.4 Å². The lowest BCUT2D eigenvalue weighted by atomic mass is 10.3. The van der Waals surface area contributed by atoms with Crippen LogP contribution in [0.2, 0.25) is 0 Å². The van der Waals surface area contributed by atoms with Crippen LogP contribution in [0.1, 0.15) is 18.1 Å². The zero-order valence-corrected chi connectivity index (χ0v) is 13.6. The van der Waals surface area contributed by atoms with Gasteiger partial charge in [0, 0.05) is 16.8 Å². The third kappa shape index (κ3) is 3.83. The molecule has 0 radical (unpaired) electrons. The maximum atomic E-state index is 12.2. The average molecular weight is 388 g/mol. The Kier molecular flexibility index (Phi) is 4.92. The highest BCUT2D eigenvalue weighted by Crippen LogP contribution is 2.32. The second-order valence-corrected chi connectivity index (χ2v) is 6.90. The number of hydrogen-bond donors (Lipinski definition) is 0. The molecule has 1 unspecified atom stereocenters. The lowest BCUT2D eigenvalue weighted by Crippen LogP contribution is -2.10. The van der Waals surface area contributed by atoms with Gasteiger partial charge < -0.3 is 4.57 Å². The third-order valence-corrected chi connectivity index (χ3v) is 4.08. The summed E-state index contributed by atoms with van der Waals surface area (Å²) in [6.07, 6.45) is 0. The quantitative estimate of drug-likeness (QED) is 0.658. The van der Waals surface area contributed by atoms with Gasteiger partial charge in [-0.15, -0.1) is 11.6 Å². The highest BCUT2D eigenvalue weighted by atomic mass is 79.9. The van der Waals surface area contributed by atoms with Crippen LogP contribution in [0.15, 0.2) is 22.7 Å². The number of thioether (sulfide) groups is 1. The first-order valence-electron chi connectivity index (χ1n) is 5.78. The lowest BCUT2D eigenvalue weighted by Gasteiger charge is -2.11. The van der Waals surface area contributed by atoms with Gasteiger partial charge in [0.05, 0.1) is 16.4 Å². The Balaban J connectivity index is 2.32. The first kappa shape index (κ1) is 16.0. The van der Waals surface area contributed by atoms with E-state index in [9.17, 15) is 13.2 Å². The van der Waals surface area contributed by atoms with Gasteiger partial charge in [-0.25, -0.2) is 4.98 Å². The number of rotatable bonds is 4. The molecule has 8 heteroatoms. The van der Waals surface area contributed by atoms with Gasteiger partial charge in [-0.3, -0.25) is 0 Å². The van der Waals surface area contributed by atoms with E-state index >= 15 is 0 Å². The van der Waals surface area contributed by atoms with Gasteiger partial charge in [-0.2, -0.15) is 13.2 Å². The molecule has 0 amide bonds. The van der Waals surface area contributed by atoms with Gasteiger partial charge in [0.1, 0.15) is 5.82 Å². The molecule has 1 heterocycles. The van der Waals surface area contributed by atoms with Crippen molar-refractivity contribution in [3.05, 3.63) is 28.5 Å². The molecule has 0 aliphatic heterocycles. The molecule has 0 aliphatic carbocycles. The van der Waals surface area contributed by atoms with Gasteiger partial charge in [-0.05, 0) is 36.9 Å². The van der Waals surface area contributed by atoms with E-state index in [0.29, 0.717) is 5.82 Å². The van der Waals surface area contributed by atoms with Crippen LogP contribution >= 0.6 is 39.3 Å². The van der Waals surface area contributed by atoms with E-state index in [1.54, 1.807) is 11.5 Å². The molecule has 0 bridgehead atoms. The Morgan fingerprint density at radius 3 is 2.75 bits per heavy atom. The minimum Gasteiger partial charge on any atom is -0.326 e. The lowest BCUT2D eigenvalue weighted by molar-refractivity contribution is -0.0328. The highest BCUT2D eigenvalue weighted by Gasteiger charge is 2.28. The number of halogens is 5. The SMILES string of the molecule is CC(Cl)c1nc2cc(Br)ccc2n1CCSC(F)(F)F. The minimum atomic E-state index is -4.22. The second kappa shape index (κ2) is 6.15. The van der Waals surface area contributed by atoms with Crippen LogP contribution in [-0.2, 0) is 6.54 Å². The molecule has 1 aromatic heterocycles. The average Bonchev–Trinajstić information content (AvgIpc) is 2.66. The van der Waals surface area contributed by atoms with Crippen molar-refractivity contribution in [2.75, 3.05) is 5.75 Å². The molecule has 0 spiro atoms. The maximum absolute atomic E-state index is 12.2. The topological polar surface area (TPSA) is 17.8 Å². The van der Waals surface area contributed by atoms with Gasteiger partial charge in [0.15, 0.2) is 0 Å². The molecule has 0 aliphatic rings. The molecule has 2 rings (SSSR count). The molecular formula is C12H11BrClF3N2S. The van der Waals surface area contributed by atoms with Crippen molar-refractivity contribution in [1.82, 2.24) is 9.55 Å². The van der Waals surface area contributed by atoms with Crippen LogP contribution in [0.4, 0.5) is 13.2 Å². The monoisotopic (exact) mass is 386 g/mol. The van der Waals surface area contributed by atoms with E-state index in [1.165, 1.54) is 0 Å². The number of alkyl halides is 4. The summed E-state index contributed by atoms with van der Waals surface area (Å²) >= 11 is 9.37. The standard InChI is InChI=1S/C12H11BrClF3N2S/c1-7(14)11-18-9-6-8(13)2-3-10(9)19(11)4-5-20-12(15,16)17/h2-3,6-7H,4-5H2,1H3. The van der Waals surface area contributed by atoms with Crippen LogP contribution < -0.4 is 0 Å². The fourth-order valence-corrected chi connectivity index (χ4v) is 2.93. The smallest absolute Gasteiger partial charge is 0.326 e. The Hall–Kier alpha value is -0.400. The van der Waals surface area contributed by atoms with Crippen LogP contribution in [0.5, 0.6) is 0 Å². The largest absolute Gasteiger partial charge is 0.441 e. The summed E-state index contributed by atoms with van der Waals surface area (Å²) in [5, 5.41) is -0.364. The summed E-state index contributed by atoms with van der Waals surface area (Å²) in [6, 6.07) is 5.49.